The predicted octanol–water partition coefficient (Wildman–Crippen LogP) is 0.273. The third-order valence-electron chi connectivity index (χ3n) is 2.56. The summed E-state index contributed by atoms with van der Waals surface area (Å²) < 4.78 is 5.18. The number of rotatable bonds is 5. The van der Waals surface area contributed by atoms with Gasteiger partial charge >= 0.3 is 0 Å². The zero-order chi connectivity index (χ0) is 11.1. The molecule has 1 saturated heterocycles. The zero-order valence-electron chi connectivity index (χ0n) is 9.02. The Morgan fingerprint density at radius 2 is 2.07 bits per heavy atom. The summed E-state index contributed by atoms with van der Waals surface area (Å²) in [5, 5.41) is 0. The molecule has 15 heavy (non-hydrogen) atoms. The number of nitrogens with zero attached hydrogens (tertiary/aromatic N) is 1. The van der Waals surface area contributed by atoms with Gasteiger partial charge in [-0.15, -0.1) is 0 Å². The average Bonchev–Trinajstić information content (AvgIpc) is 2.29. The quantitative estimate of drug-likeness (QED) is 0.528. The fourth-order valence-electron chi connectivity index (χ4n) is 1.62. The number of hydrogen-bond acceptors (Lipinski definition) is 4. The van der Waals surface area contributed by atoms with Gasteiger partial charge in [0.25, 0.3) is 0 Å². The molecule has 0 aromatic carbocycles. The Morgan fingerprint density at radius 3 is 2.67 bits per heavy atom. The maximum atomic E-state index is 11.8. The number of amides is 1. The molecule has 5 heteroatoms. The van der Waals surface area contributed by atoms with Crippen LogP contribution >= 0.6 is 12.6 Å². The third kappa shape index (κ3) is 4.40. The van der Waals surface area contributed by atoms with Crippen LogP contribution in [0, 0.1) is 0 Å². The van der Waals surface area contributed by atoms with Gasteiger partial charge in [0.15, 0.2) is 0 Å². The van der Waals surface area contributed by atoms with Crippen molar-refractivity contribution in [3.05, 3.63) is 0 Å². The van der Waals surface area contributed by atoms with Crippen LogP contribution in [0.2, 0.25) is 0 Å². The lowest BCUT2D eigenvalue weighted by molar-refractivity contribution is -0.136. The number of unbranched alkanes of at least 4 members (excludes halogenated alkanes) is 1. The van der Waals surface area contributed by atoms with E-state index in [-0.39, 0.29) is 11.9 Å². The minimum Gasteiger partial charge on any atom is -0.378 e. The van der Waals surface area contributed by atoms with Gasteiger partial charge in [0.2, 0.25) is 5.91 Å². The molecule has 1 aliphatic heterocycles. The first kappa shape index (κ1) is 12.8. The van der Waals surface area contributed by atoms with E-state index in [1.165, 1.54) is 0 Å². The van der Waals surface area contributed by atoms with Gasteiger partial charge in [0, 0.05) is 13.1 Å². The summed E-state index contributed by atoms with van der Waals surface area (Å²) in [5.41, 5.74) is 5.83. The van der Waals surface area contributed by atoms with Crippen LogP contribution in [0.5, 0.6) is 0 Å². The Morgan fingerprint density at radius 1 is 1.40 bits per heavy atom. The lowest BCUT2D eigenvalue weighted by Gasteiger charge is -2.29. The van der Waals surface area contributed by atoms with Crippen molar-refractivity contribution in [3.63, 3.8) is 0 Å². The molecule has 1 fully saturated rings. The summed E-state index contributed by atoms with van der Waals surface area (Å²) >= 11 is 4.12. The summed E-state index contributed by atoms with van der Waals surface area (Å²) in [7, 11) is 0. The first-order valence-electron chi connectivity index (χ1n) is 5.48. The van der Waals surface area contributed by atoms with Crippen molar-refractivity contribution in [2.24, 2.45) is 5.73 Å². The molecule has 0 saturated carbocycles. The number of carbonyl (C=O) groups is 1. The van der Waals surface area contributed by atoms with E-state index in [0.717, 1.165) is 25.0 Å². The van der Waals surface area contributed by atoms with Crippen LogP contribution in [0.3, 0.4) is 0 Å². The van der Waals surface area contributed by atoms with E-state index in [1.807, 2.05) is 0 Å². The zero-order valence-corrected chi connectivity index (χ0v) is 9.92. The molecule has 2 N–H and O–H groups in total. The molecule has 1 aliphatic rings. The third-order valence-corrected chi connectivity index (χ3v) is 2.88. The van der Waals surface area contributed by atoms with Gasteiger partial charge in [-0.05, 0) is 18.6 Å². The fourth-order valence-corrected chi connectivity index (χ4v) is 1.84. The minimum absolute atomic E-state index is 0.0671. The number of hydrogen-bond donors (Lipinski definition) is 2. The van der Waals surface area contributed by atoms with E-state index in [4.69, 9.17) is 10.5 Å². The molecule has 0 bridgehead atoms. The van der Waals surface area contributed by atoms with Gasteiger partial charge in [-0.2, -0.15) is 12.6 Å². The van der Waals surface area contributed by atoms with Gasteiger partial charge in [-0.1, -0.05) is 6.42 Å². The molecular weight excluding hydrogens is 212 g/mol. The maximum absolute atomic E-state index is 11.8. The van der Waals surface area contributed by atoms with Crippen molar-refractivity contribution in [2.75, 3.05) is 32.1 Å². The summed E-state index contributed by atoms with van der Waals surface area (Å²) in [5.74, 6) is 0.927. The normalized spacial score (nSPS) is 18.9. The Hall–Kier alpha value is -0.260. The maximum Gasteiger partial charge on any atom is 0.239 e. The van der Waals surface area contributed by atoms with E-state index in [1.54, 1.807) is 4.90 Å². The van der Waals surface area contributed by atoms with Gasteiger partial charge in [-0.3, -0.25) is 4.79 Å². The number of thiol groups is 1. The lowest BCUT2D eigenvalue weighted by Crippen LogP contribution is -2.48. The molecule has 1 rings (SSSR count). The van der Waals surface area contributed by atoms with Gasteiger partial charge < -0.3 is 15.4 Å². The van der Waals surface area contributed by atoms with Crippen molar-refractivity contribution in [1.29, 1.82) is 0 Å². The molecule has 0 radical (unpaired) electrons. The second kappa shape index (κ2) is 7.09. The monoisotopic (exact) mass is 232 g/mol. The van der Waals surface area contributed by atoms with Crippen molar-refractivity contribution in [1.82, 2.24) is 4.90 Å². The predicted molar refractivity (Wildman–Crippen MR) is 63.1 cm³/mol. The molecule has 1 amide bonds. The molecule has 0 aliphatic carbocycles. The molecule has 0 aromatic rings. The van der Waals surface area contributed by atoms with Crippen LogP contribution in [-0.2, 0) is 9.53 Å². The SMILES string of the molecule is NC(CCCCS)C(=O)N1CCOCC1. The van der Waals surface area contributed by atoms with Crippen molar-refractivity contribution in [2.45, 2.75) is 25.3 Å². The largest absolute Gasteiger partial charge is 0.378 e. The van der Waals surface area contributed by atoms with E-state index in [9.17, 15) is 4.79 Å². The highest BCUT2D eigenvalue weighted by Gasteiger charge is 2.22. The molecule has 0 aromatic heterocycles. The summed E-state index contributed by atoms with van der Waals surface area (Å²) in [4.78, 5) is 13.6. The van der Waals surface area contributed by atoms with Crippen LogP contribution in [0.1, 0.15) is 19.3 Å². The summed E-state index contributed by atoms with van der Waals surface area (Å²) in [6.45, 7) is 2.63. The minimum atomic E-state index is -0.344. The Balaban J connectivity index is 2.24. The fraction of sp³-hybridized carbons (Fsp3) is 0.900. The Labute approximate surface area is 96.5 Å². The number of morpholine rings is 1. The highest BCUT2D eigenvalue weighted by Crippen LogP contribution is 2.05. The van der Waals surface area contributed by atoms with E-state index in [2.05, 4.69) is 12.6 Å². The molecule has 1 atom stereocenters. The van der Waals surface area contributed by atoms with Gasteiger partial charge in [0.1, 0.15) is 0 Å². The van der Waals surface area contributed by atoms with Crippen molar-refractivity contribution >= 4 is 18.5 Å². The number of ether oxygens (including phenoxy) is 1. The topological polar surface area (TPSA) is 55.6 Å². The summed E-state index contributed by atoms with van der Waals surface area (Å²) in [6.07, 6.45) is 2.75. The lowest BCUT2D eigenvalue weighted by atomic mass is 10.1. The molecule has 1 heterocycles. The number of carbonyl (C=O) groups excluding carboxylic acids is 1. The van der Waals surface area contributed by atoms with Gasteiger partial charge in [0.05, 0.1) is 19.3 Å². The van der Waals surface area contributed by atoms with Gasteiger partial charge in [-0.25, -0.2) is 0 Å². The van der Waals surface area contributed by atoms with Crippen LogP contribution in [0.15, 0.2) is 0 Å². The molecule has 1 unspecified atom stereocenters. The van der Waals surface area contributed by atoms with Crippen LogP contribution < -0.4 is 5.73 Å². The first-order valence-corrected chi connectivity index (χ1v) is 6.12. The van der Waals surface area contributed by atoms with E-state index >= 15 is 0 Å². The summed E-state index contributed by atoms with van der Waals surface area (Å²) in [6, 6.07) is -0.344. The van der Waals surface area contributed by atoms with E-state index < -0.39 is 0 Å². The van der Waals surface area contributed by atoms with Crippen LogP contribution in [-0.4, -0.2) is 48.9 Å². The molecule has 4 nitrogen and oxygen atoms in total. The Bertz CT molecular complexity index is 196. The van der Waals surface area contributed by atoms with Crippen molar-refractivity contribution < 1.29 is 9.53 Å². The standard InChI is InChI=1S/C10H20N2O2S/c11-9(3-1-2-8-15)10(13)12-4-6-14-7-5-12/h9,15H,1-8,11H2. The average molecular weight is 232 g/mol. The van der Waals surface area contributed by atoms with Crippen molar-refractivity contribution in [3.8, 4) is 0 Å². The second-order valence-corrected chi connectivity index (χ2v) is 4.21. The Kier molecular flexibility index (Phi) is 6.05. The molecule has 88 valence electrons. The highest BCUT2D eigenvalue weighted by atomic mass is 32.1. The van der Waals surface area contributed by atoms with Crippen LogP contribution in [0.25, 0.3) is 0 Å². The van der Waals surface area contributed by atoms with E-state index in [0.29, 0.717) is 26.3 Å². The first-order chi connectivity index (χ1) is 7.25. The molecular formula is C10H20N2O2S. The second-order valence-electron chi connectivity index (χ2n) is 3.76. The molecule has 0 spiro atoms. The highest BCUT2D eigenvalue weighted by molar-refractivity contribution is 7.80. The smallest absolute Gasteiger partial charge is 0.239 e. The number of nitrogens with two attached hydrogens (primary N) is 1. The van der Waals surface area contributed by atoms with Crippen LogP contribution in [0.4, 0.5) is 0 Å².